The van der Waals surface area contributed by atoms with Gasteiger partial charge in [0.2, 0.25) is 0 Å². The standard InChI is InChI=1S/C16H17N5O4/c17-13-3-2-12(9-14(13)21(23)24)19-16(22)11-1-4-15(18-10-11)20-5-7-25-8-6-20/h1-4,9-10H,5-8,17H2,(H,19,22). The van der Waals surface area contributed by atoms with Gasteiger partial charge in [0.25, 0.3) is 11.6 Å². The number of nitro groups is 1. The number of benzene rings is 1. The van der Waals surface area contributed by atoms with Crippen LogP contribution in [0.25, 0.3) is 0 Å². The van der Waals surface area contributed by atoms with Gasteiger partial charge in [0.15, 0.2) is 0 Å². The number of nitrogens with two attached hydrogens (primary N) is 1. The van der Waals surface area contributed by atoms with Gasteiger partial charge >= 0.3 is 0 Å². The first-order valence-electron chi connectivity index (χ1n) is 7.68. The fraction of sp³-hybridized carbons (Fsp3) is 0.250. The van der Waals surface area contributed by atoms with E-state index in [-0.39, 0.29) is 11.4 Å². The topological polar surface area (TPSA) is 124 Å². The average molecular weight is 343 g/mol. The molecule has 0 radical (unpaired) electrons. The SMILES string of the molecule is Nc1ccc(NC(=O)c2ccc(N3CCOCC3)nc2)cc1[N+](=O)[O-]. The van der Waals surface area contributed by atoms with Crippen LogP contribution in [0.4, 0.5) is 22.9 Å². The zero-order valence-electron chi connectivity index (χ0n) is 13.3. The van der Waals surface area contributed by atoms with Crippen molar-refractivity contribution in [3.8, 4) is 0 Å². The number of rotatable bonds is 4. The van der Waals surface area contributed by atoms with Crippen molar-refractivity contribution < 1.29 is 14.5 Å². The zero-order valence-corrected chi connectivity index (χ0v) is 13.3. The second kappa shape index (κ2) is 7.14. The van der Waals surface area contributed by atoms with Crippen molar-refractivity contribution in [3.05, 3.63) is 52.2 Å². The highest BCUT2D eigenvalue weighted by Crippen LogP contribution is 2.25. The normalized spacial score (nSPS) is 14.2. The predicted molar refractivity (Wildman–Crippen MR) is 92.7 cm³/mol. The lowest BCUT2D eigenvalue weighted by Crippen LogP contribution is -2.36. The minimum atomic E-state index is -0.594. The molecule has 130 valence electrons. The Kier molecular flexibility index (Phi) is 4.75. The Morgan fingerprint density at radius 2 is 2.04 bits per heavy atom. The molecule has 3 rings (SSSR count). The van der Waals surface area contributed by atoms with Gasteiger partial charge in [-0.2, -0.15) is 0 Å². The monoisotopic (exact) mass is 343 g/mol. The Labute approximate surface area is 143 Å². The van der Waals surface area contributed by atoms with Crippen LogP contribution in [0, 0.1) is 10.1 Å². The van der Waals surface area contributed by atoms with Crippen molar-refractivity contribution in [1.29, 1.82) is 0 Å². The van der Waals surface area contributed by atoms with Crippen molar-refractivity contribution >= 4 is 28.8 Å². The number of pyridine rings is 1. The van der Waals surface area contributed by atoms with Gasteiger partial charge in [0.1, 0.15) is 11.5 Å². The molecule has 25 heavy (non-hydrogen) atoms. The number of anilines is 3. The Bertz CT molecular complexity index is 788. The first-order chi connectivity index (χ1) is 12.0. The summed E-state index contributed by atoms with van der Waals surface area (Å²) in [6, 6.07) is 7.55. The molecule has 0 bridgehead atoms. The van der Waals surface area contributed by atoms with Gasteiger partial charge < -0.3 is 20.7 Å². The van der Waals surface area contributed by atoms with Gasteiger partial charge in [-0.15, -0.1) is 0 Å². The Morgan fingerprint density at radius 3 is 2.68 bits per heavy atom. The van der Waals surface area contributed by atoms with E-state index >= 15 is 0 Å². The summed E-state index contributed by atoms with van der Waals surface area (Å²) in [5.74, 6) is 0.378. The highest BCUT2D eigenvalue weighted by Gasteiger charge is 2.15. The van der Waals surface area contributed by atoms with Crippen molar-refractivity contribution in [1.82, 2.24) is 4.98 Å². The van der Waals surface area contributed by atoms with Crippen LogP contribution in [0.2, 0.25) is 0 Å². The van der Waals surface area contributed by atoms with Crippen LogP contribution in [0.1, 0.15) is 10.4 Å². The molecule has 1 aromatic heterocycles. The minimum absolute atomic E-state index is 0.0412. The minimum Gasteiger partial charge on any atom is -0.393 e. The summed E-state index contributed by atoms with van der Waals surface area (Å²) < 4.78 is 5.29. The van der Waals surface area contributed by atoms with E-state index in [2.05, 4.69) is 15.2 Å². The summed E-state index contributed by atoms with van der Waals surface area (Å²) in [5, 5.41) is 13.5. The van der Waals surface area contributed by atoms with E-state index in [0.29, 0.717) is 24.5 Å². The molecule has 0 spiro atoms. The third kappa shape index (κ3) is 3.83. The first kappa shape index (κ1) is 16.7. The van der Waals surface area contributed by atoms with Crippen molar-refractivity contribution in [3.63, 3.8) is 0 Å². The fourth-order valence-corrected chi connectivity index (χ4v) is 2.48. The highest BCUT2D eigenvalue weighted by atomic mass is 16.6. The molecule has 3 N–H and O–H groups in total. The summed E-state index contributed by atoms with van der Waals surface area (Å²) in [6.07, 6.45) is 1.48. The molecule has 1 saturated heterocycles. The summed E-state index contributed by atoms with van der Waals surface area (Å²) >= 11 is 0. The summed E-state index contributed by atoms with van der Waals surface area (Å²) in [5.41, 5.74) is 5.98. The lowest BCUT2D eigenvalue weighted by atomic mass is 10.2. The second-order valence-electron chi connectivity index (χ2n) is 5.49. The third-order valence-corrected chi connectivity index (χ3v) is 3.83. The van der Waals surface area contributed by atoms with E-state index < -0.39 is 10.8 Å². The number of amides is 1. The fourth-order valence-electron chi connectivity index (χ4n) is 2.48. The number of aromatic nitrogens is 1. The molecule has 1 aromatic carbocycles. The van der Waals surface area contributed by atoms with E-state index in [4.69, 9.17) is 10.5 Å². The average Bonchev–Trinajstić information content (AvgIpc) is 2.64. The maximum Gasteiger partial charge on any atom is 0.294 e. The van der Waals surface area contributed by atoms with Crippen LogP contribution in [-0.2, 0) is 4.74 Å². The number of nitrogen functional groups attached to an aromatic ring is 1. The summed E-state index contributed by atoms with van der Waals surface area (Å²) in [4.78, 5) is 29.0. The molecule has 0 aliphatic carbocycles. The van der Waals surface area contributed by atoms with Gasteiger partial charge in [-0.1, -0.05) is 0 Å². The number of carbonyl (C=O) groups excluding carboxylic acids is 1. The van der Waals surface area contributed by atoms with Gasteiger partial charge in [-0.3, -0.25) is 14.9 Å². The molecule has 2 heterocycles. The molecule has 1 fully saturated rings. The van der Waals surface area contributed by atoms with Crippen LogP contribution < -0.4 is 16.0 Å². The van der Waals surface area contributed by atoms with E-state index in [9.17, 15) is 14.9 Å². The van der Waals surface area contributed by atoms with Crippen molar-refractivity contribution in [2.45, 2.75) is 0 Å². The number of ether oxygens (including phenoxy) is 1. The molecule has 1 aliphatic rings. The lowest BCUT2D eigenvalue weighted by molar-refractivity contribution is -0.383. The van der Waals surface area contributed by atoms with Crippen LogP contribution in [0.15, 0.2) is 36.5 Å². The third-order valence-electron chi connectivity index (χ3n) is 3.83. The largest absolute Gasteiger partial charge is 0.393 e. The van der Waals surface area contributed by atoms with Gasteiger partial charge in [-0.05, 0) is 24.3 Å². The lowest BCUT2D eigenvalue weighted by Gasteiger charge is -2.27. The van der Waals surface area contributed by atoms with Crippen LogP contribution in [-0.4, -0.2) is 42.1 Å². The molecule has 9 nitrogen and oxygen atoms in total. The number of hydrogen-bond acceptors (Lipinski definition) is 7. The predicted octanol–water partition coefficient (Wildman–Crippen LogP) is 1.66. The number of nitrogens with one attached hydrogen (secondary N) is 1. The highest BCUT2D eigenvalue weighted by molar-refractivity contribution is 6.04. The smallest absolute Gasteiger partial charge is 0.294 e. The maximum absolute atomic E-state index is 12.3. The van der Waals surface area contributed by atoms with Crippen LogP contribution in [0.5, 0.6) is 0 Å². The van der Waals surface area contributed by atoms with Crippen molar-refractivity contribution in [2.75, 3.05) is 42.3 Å². The van der Waals surface area contributed by atoms with Gasteiger partial charge in [0, 0.05) is 31.0 Å². The molecular weight excluding hydrogens is 326 g/mol. The molecule has 0 saturated carbocycles. The number of nitro benzene ring substituents is 1. The Hall–Kier alpha value is -3.20. The van der Waals surface area contributed by atoms with E-state index in [1.54, 1.807) is 12.1 Å². The second-order valence-corrected chi connectivity index (χ2v) is 5.49. The van der Waals surface area contributed by atoms with E-state index in [1.165, 1.54) is 24.4 Å². The first-order valence-corrected chi connectivity index (χ1v) is 7.68. The quantitative estimate of drug-likeness (QED) is 0.491. The van der Waals surface area contributed by atoms with E-state index in [1.807, 2.05) is 0 Å². The molecule has 1 aliphatic heterocycles. The molecule has 0 atom stereocenters. The van der Waals surface area contributed by atoms with Gasteiger partial charge in [0.05, 0.1) is 23.7 Å². The molecule has 0 unspecified atom stereocenters. The van der Waals surface area contributed by atoms with Crippen molar-refractivity contribution in [2.24, 2.45) is 0 Å². The van der Waals surface area contributed by atoms with Gasteiger partial charge in [-0.25, -0.2) is 4.98 Å². The number of carbonyl (C=O) groups is 1. The molecule has 2 aromatic rings. The number of nitrogens with zero attached hydrogens (tertiary/aromatic N) is 3. The van der Waals surface area contributed by atoms with Crippen LogP contribution >= 0.6 is 0 Å². The Balaban J connectivity index is 1.71. The number of hydrogen-bond donors (Lipinski definition) is 2. The Morgan fingerprint density at radius 1 is 1.28 bits per heavy atom. The zero-order chi connectivity index (χ0) is 17.8. The molecule has 9 heteroatoms. The van der Waals surface area contributed by atoms with Crippen LogP contribution in [0.3, 0.4) is 0 Å². The van der Waals surface area contributed by atoms with E-state index in [0.717, 1.165) is 18.9 Å². The summed E-state index contributed by atoms with van der Waals surface area (Å²) in [6.45, 7) is 2.82. The number of morpholine rings is 1. The maximum atomic E-state index is 12.3. The molecule has 1 amide bonds. The summed E-state index contributed by atoms with van der Waals surface area (Å²) in [7, 11) is 0. The molecular formula is C16H17N5O4.